The van der Waals surface area contributed by atoms with Crippen LogP contribution < -0.4 is 5.63 Å². The van der Waals surface area contributed by atoms with Crippen LogP contribution in [0.25, 0.3) is 11.0 Å². The van der Waals surface area contributed by atoms with Crippen LogP contribution in [0.4, 0.5) is 0 Å². The lowest BCUT2D eigenvalue weighted by molar-refractivity contribution is 0.122. The molecule has 0 saturated carbocycles. The van der Waals surface area contributed by atoms with Crippen LogP contribution in [0.5, 0.6) is 0 Å². The van der Waals surface area contributed by atoms with Crippen molar-refractivity contribution in [2.45, 2.75) is 26.4 Å². The van der Waals surface area contributed by atoms with E-state index in [1.165, 1.54) is 11.1 Å². The van der Waals surface area contributed by atoms with Crippen LogP contribution in [0, 0.1) is 0 Å². The summed E-state index contributed by atoms with van der Waals surface area (Å²) in [5.74, 6) is 0. The summed E-state index contributed by atoms with van der Waals surface area (Å²) < 4.78 is 5.39. The topological polar surface area (TPSA) is 36.7 Å². The number of halogens is 1. The van der Waals surface area contributed by atoms with Crippen molar-refractivity contribution < 1.29 is 4.42 Å². The maximum absolute atomic E-state index is 12.0. The van der Waals surface area contributed by atoms with Gasteiger partial charge in [-0.3, -0.25) is 9.80 Å². The van der Waals surface area contributed by atoms with E-state index >= 15 is 0 Å². The molecule has 28 heavy (non-hydrogen) atoms. The number of hydrogen-bond acceptors (Lipinski definition) is 4. The molecular formula is C23H25ClN2O2. The molecule has 2 aromatic carbocycles. The molecule has 3 aromatic rings. The van der Waals surface area contributed by atoms with Crippen molar-refractivity contribution in [3.05, 3.63) is 80.7 Å². The van der Waals surface area contributed by atoms with Crippen molar-refractivity contribution >= 4 is 22.6 Å². The van der Waals surface area contributed by atoms with Crippen LogP contribution in [0.15, 0.2) is 57.7 Å². The van der Waals surface area contributed by atoms with Crippen LogP contribution in [-0.4, -0.2) is 36.0 Å². The molecule has 0 radical (unpaired) electrons. The molecular weight excluding hydrogens is 372 g/mol. The lowest BCUT2D eigenvalue weighted by atomic mass is 10.0. The predicted octanol–water partition coefficient (Wildman–Crippen LogP) is 4.33. The van der Waals surface area contributed by atoms with Gasteiger partial charge in [0.2, 0.25) is 0 Å². The van der Waals surface area contributed by atoms with Crippen LogP contribution >= 0.6 is 11.6 Å². The lowest BCUT2D eigenvalue weighted by Gasteiger charge is -2.35. The molecule has 1 fully saturated rings. The molecule has 0 unspecified atom stereocenters. The Labute approximate surface area is 170 Å². The third kappa shape index (κ3) is 4.30. The minimum Gasteiger partial charge on any atom is -0.423 e. The molecule has 2 heterocycles. The fraction of sp³-hybridized carbons (Fsp3) is 0.348. The Morgan fingerprint density at radius 2 is 1.61 bits per heavy atom. The number of hydrogen-bond donors (Lipinski definition) is 0. The van der Waals surface area contributed by atoms with Gasteiger partial charge in [-0.25, -0.2) is 4.79 Å². The van der Waals surface area contributed by atoms with E-state index in [1.54, 1.807) is 6.07 Å². The Morgan fingerprint density at radius 1 is 0.929 bits per heavy atom. The van der Waals surface area contributed by atoms with E-state index in [4.69, 9.17) is 16.0 Å². The molecule has 0 N–H and O–H groups in total. The average Bonchev–Trinajstić information content (AvgIpc) is 2.71. The van der Waals surface area contributed by atoms with E-state index in [9.17, 15) is 4.79 Å². The van der Waals surface area contributed by atoms with E-state index < -0.39 is 0 Å². The number of benzene rings is 2. The number of rotatable bonds is 5. The Bertz CT molecular complexity index is 1020. The van der Waals surface area contributed by atoms with Gasteiger partial charge in [0.05, 0.1) is 0 Å². The highest BCUT2D eigenvalue weighted by Crippen LogP contribution is 2.22. The highest BCUT2D eigenvalue weighted by atomic mass is 35.5. The van der Waals surface area contributed by atoms with Gasteiger partial charge in [0, 0.05) is 55.7 Å². The lowest BCUT2D eigenvalue weighted by Crippen LogP contribution is -2.45. The summed E-state index contributed by atoms with van der Waals surface area (Å²) in [5, 5.41) is 1.89. The van der Waals surface area contributed by atoms with Gasteiger partial charge in [-0.1, -0.05) is 42.8 Å². The first-order chi connectivity index (χ1) is 13.6. The van der Waals surface area contributed by atoms with Crippen molar-refractivity contribution in [1.29, 1.82) is 0 Å². The summed E-state index contributed by atoms with van der Waals surface area (Å²) in [4.78, 5) is 16.8. The monoisotopic (exact) mass is 396 g/mol. The fourth-order valence-electron chi connectivity index (χ4n) is 3.84. The fourth-order valence-corrected chi connectivity index (χ4v) is 4.04. The minimum absolute atomic E-state index is 0.274. The van der Waals surface area contributed by atoms with E-state index in [0.29, 0.717) is 5.58 Å². The molecule has 0 aliphatic carbocycles. The number of aryl methyl sites for hydroxylation is 1. The molecule has 1 saturated heterocycles. The Hall–Kier alpha value is -2.14. The predicted molar refractivity (Wildman–Crippen MR) is 114 cm³/mol. The molecule has 0 amide bonds. The van der Waals surface area contributed by atoms with E-state index in [-0.39, 0.29) is 5.63 Å². The molecule has 0 atom stereocenters. The molecule has 1 aliphatic heterocycles. The third-order valence-corrected chi connectivity index (χ3v) is 5.88. The Balaban J connectivity index is 1.45. The van der Waals surface area contributed by atoms with Gasteiger partial charge in [-0.05, 0) is 41.3 Å². The van der Waals surface area contributed by atoms with Gasteiger partial charge < -0.3 is 4.42 Å². The Morgan fingerprint density at radius 3 is 2.29 bits per heavy atom. The van der Waals surface area contributed by atoms with Gasteiger partial charge in [-0.15, -0.1) is 0 Å². The van der Waals surface area contributed by atoms with Crippen molar-refractivity contribution in [3.63, 3.8) is 0 Å². The molecule has 1 aliphatic rings. The van der Waals surface area contributed by atoms with E-state index in [2.05, 4.69) is 28.9 Å². The van der Waals surface area contributed by atoms with Gasteiger partial charge in [0.1, 0.15) is 5.58 Å². The first kappa shape index (κ1) is 19.2. The highest BCUT2D eigenvalue weighted by molar-refractivity contribution is 6.31. The van der Waals surface area contributed by atoms with Crippen LogP contribution in [0.2, 0.25) is 5.02 Å². The standard InChI is InChI=1S/C23H25ClN2O2/c1-2-17-7-8-22-20(13-17)19(14-23(27)28-22)16-26-11-9-25(10-12-26)15-18-5-3-4-6-21(18)24/h3-8,13-14H,2,9-12,15-16H2,1H3. The normalized spacial score (nSPS) is 15.9. The highest BCUT2D eigenvalue weighted by Gasteiger charge is 2.19. The van der Waals surface area contributed by atoms with Gasteiger partial charge >= 0.3 is 5.63 Å². The first-order valence-electron chi connectivity index (χ1n) is 9.86. The van der Waals surface area contributed by atoms with Crippen molar-refractivity contribution in [2.75, 3.05) is 26.2 Å². The van der Waals surface area contributed by atoms with E-state index in [1.807, 2.05) is 30.3 Å². The minimum atomic E-state index is -0.274. The van der Waals surface area contributed by atoms with Gasteiger partial charge in [-0.2, -0.15) is 0 Å². The third-order valence-electron chi connectivity index (χ3n) is 5.51. The summed E-state index contributed by atoms with van der Waals surface area (Å²) in [6, 6.07) is 15.8. The molecule has 4 nitrogen and oxygen atoms in total. The first-order valence-corrected chi connectivity index (χ1v) is 10.2. The number of nitrogens with zero attached hydrogens (tertiary/aromatic N) is 2. The summed E-state index contributed by atoms with van der Waals surface area (Å²) >= 11 is 6.30. The average molecular weight is 397 g/mol. The van der Waals surface area contributed by atoms with Crippen molar-refractivity contribution in [2.24, 2.45) is 0 Å². The quantitative estimate of drug-likeness (QED) is 0.601. The second-order valence-electron chi connectivity index (χ2n) is 7.42. The summed E-state index contributed by atoms with van der Waals surface area (Å²) in [6.45, 7) is 7.72. The van der Waals surface area contributed by atoms with Gasteiger partial charge in [0.25, 0.3) is 0 Å². The molecule has 4 rings (SSSR count). The summed E-state index contributed by atoms with van der Waals surface area (Å²) in [7, 11) is 0. The Kier molecular flexibility index (Phi) is 5.81. The zero-order chi connectivity index (χ0) is 19.5. The van der Waals surface area contributed by atoms with Crippen LogP contribution in [0.3, 0.4) is 0 Å². The SMILES string of the molecule is CCc1ccc2oc(=O)cc(CN3CCN(Cc4ccccc4Cl)CC3)c2c1. The number of piperazine rings is 1. The van der Waals surface area contributed by atoms with Crippen molar-refractivity contribution in [3.8, 4) is 0 Å². The molecule has 5 heteroatoms. The zero-order valence-corrected chi connectivity index (χ0v) is 16.9. The summed E-state index contributed by atoms with van der Waals surface area (Å²) in [6.07, 6.45) is 0.967. The van der Waals surface area contributed by atoms with Crippen molar-refractivity contribution in [1.82, 2.24) is 9.80 Å². The van der Waals surface area contributed by atoms with Crippen LogP contribution in [-0.2, 0) is 19.5 Å². The molecule has 0 spiro atoms. The van der Waals surface area contributed by atoms with Gasteiger partial charge in [0.15, 0.2) is 0 Å². The smallest absolute Gasteiger partial charge is 0.336 e. The largest absolute Gasteiger partial charge is 0.423 e. The maximum Gasteiger partial charge on any atom is 0.336 e. The summed E-state index contributed by atoms with van der Waals surface area (Å²) in [5.41, 5.74) is 3.89. The molecule has 0 bridgehead atoms. The van der Waals surface area contributed by atoms with E-state index in [0.717, 1.165) is 61.7 Å². The van der Waals surface area contributed by atoms with Crippen LogP contribution in [0.1, 0.15) is 23.6 Å². The maximum atomic E-state index is 12.0. The molecule has 1 aromatic heterocycles. The second kappa shape index (κ2) is 8.48. The number of fused-ring (bicyclic) bond motifs is 1. The second-order valence-corrected chi connectivity index (χ2v) is 7.83. The zero-order valence-electron chi connectivity index (χ0n) is 16.2. The molecule has 146 valence electrons.